The number of benzene rings is 1. The van der Waals surface area contributed by atoms with Crippen LogP contribution in [0.1, 0.15) is 36.0 Å². The first-order valence-electron chi connectivity index (χ1n) is 6.38. The zero-order valence-electron chi connectivity index (χ0n) is 10.9. The number of aliphatic hydroxyl groups is 1. The Hall–Kier alpha value is -0.820. The second kappa shape index (κ2) is 5.66. The van der Waals surface area contributed by atoms with Crippen molar-refractivity contribution in [3.8, 4) is 5.75 Å². The van der Waals surface area contributed by atoms with Gasteiger partial charge in [-0.05, 0) is 53.6 Å². The zero-order chi connectivity index (χ0) is 14.0. The molecule has 0 aromatic heterocycles. The third-order valence-corrected chi connectivity index (χ3v) is 4.27. The van der Waals surface area contributed by atoms with Crippen molar-refractivity contribution in [1.82, 2.24) is 4.90 Å². The second-order valence-corrected chi connectivity index (χ2v) is 6.50. The standard InChI is InChI=1S/C14H18INO3/c1-16(9-14(19)6-2-3-7-14)13(18)11-8-10(15)4-5-12(11)17/h4-5,8,17,19H,2-3,6-7,9H2,1H3. The molecule has 0 spiro atoms. The van der Waals surface area contributed by atoms with Crippen LogP contribution in [0.25, 0.3) is 0 Å². The summed E-state index contributed by atoms with van der Waals surface area (Å²) in [4.78, 5) is 13.8. The third kappa shape index (κ3) is 3.39. The first-order chi connectivity index (χ1) is 8.91. The molecular weight excluding hydrogens is 357 g/mol. The van der Waals surface area contributed by atoms with Crippen LogP contribution in [0.15, 0.2) is 18.2 Å². The van der Waals surface area contributed by atoms with Crippen molar-refractivity contribution < 1.29 is 15.0 Å². The molecule has 2 N–H and O–H groups in total. The molecule has 19 heavy (non-hydrogen) atoms. The number of amides is 1. The molecule has 1 aromatic carbocycles. The molecule has 0 aliphatic heterocycles. The molecule has 0 heterocycles. The normalized spacial score (nSPS) is 17.4. The van der Waals surface area contributed by atoms with Crippen molar-refractivity contribution in [2.45, 2.75) is 31.3 Å². The van der Waals surface area contributed by atoms with Crippen molar-refractivity contribution >= 4 is 28.5 Å². The van der Waals surface area contributed by atoms with Crippen LogP contribution in [-0.4, -0.2) is 40.2 Å². The predicted octanol–water partition coefficient (Wildman–Crippen LogP) is 2.37. The van der Waals surface area contributed by atoms with E-state index in [0.29, 0.717) is 6.54 Å². The monoisotopic (exact) mass is 375 g/mol. The van der Waals surface area contributed by atoms with Crippen molar-refractivity contribution in [2.24, 2.45) is 0 Å². The summed E-state index contributed by atoms with van der Waals surface area (Å²) in [6, 6.07) is 4.93. The Bertz CT molecular complexity index is 484. The summed E-state index contributed by atoms with van der Waals surface area (Å²) in [5.74, 6) is -0.271. The summed E-state index contributed by atoms with van der Waals surface area (Å²) in [5, 5.41) is 20.1. The lowest BCUT2D eigenvalue weighted by atomic mass is 10.0. The van der Waals surface area contributed by atoms with Gasteiger partial charge in [-0.1, -0.05) is 12.8 Å². The van der Waals surface area contributed by atoms with Crippen LogP contribution in [0.4, 0.5) is 0 Å². The Morgan fingerprint density at radius 2 is 2.05 bits per heavy atom. The van der Waals surface area contributed by atoms with Crippen LogP contribution in [-0.2, 0) is 0 Å². The zero-order valence-corrected chi connectivity index (χ0v) is 13.1. The van der Waals surface area contributed by atoms with Gasteiger partial charge in [0.15, 0.2) is 0 Å². The number of aromatic hydroxyl groups is 1. The van der Waals surface area contributed by atoms with Gasteiger partial charge in [-0.25, -0.2) is 0 Å². The summed E-state index contributed by atoms with van der Waals surface area (Å²) in [6.45, 7) is 0.316. The van der Waals surface area contributed by atoms with Gasteiger partial charge in [0.25, 0.3) is 5.91 Å². The molecule has 0 saturated heterocycles. The summed E-state index contributed by atoms with van der Waals surface area (Å²) in [6.07, 6.45) is 3.49. The number of rotatable bonds is 3. The van der Waals surface area contributed by atoms with Gasteiger partial charge in [-0.3, -0.25) is 4.79 Å². The maximum Gasteiger partial charge on any atom is 0.257 e. The Morgan fingerprint density at radius 1 is 1.42 bits per heavy atom. The number of carbonyl (C=O) groups excluding carboxylic acids is 1. The second-order valence-electron chi connectivity index (χ2n) is 5.25. The van der Waals surface area contributed by atoms with Gasteiger partial charge in [0.2, 0.25) is 0 Å². The Balaban J connectivity index is 2.12. The molecule has 1 saturated carbocycles. The molecule has 1 aliphatic rings. The van der Waals surface area contributed by atoms with Crippen molar-refractivity contribution in [3.63, 3.8) is 0 Å². The molecule has 0 bridgehead atoms. The van der Waals surface area contributed by atoms with E-state index in [0.717, 1.165) is 29.3 Å². The van der Waals surface area contributed by atoms with Gasteiger partial charge in [0.05, 0.1) is 11.2 Å². The lowest BCUT2D eigenvalue weighted by molar-refractivity contribution is 0.0155. The minimum atomic E-state index is -0.762. The molecule has 104 valence electrons. The highest BCUT2D eigenvalue weighted by atomic mass is 127. The van der Waals surface area contributed by atoms with E-state index < -0.39 is 5.60 Å². The molecule has 0 radical (unpaired) electrons. The lowest BCUT2D eigenvalue weighted by Gasteiger charge is -2.28. The maximum atomic E-state index is 12.3. The number of nitrogens with zero attached hydrogens (tertiary/aromatic N) is 1. The molecule has 1 fully saturated rings. The predicted molar refractivity (Wildman–Crippen MR) is 81.2 cm³/mol. The van der Waals surface area contributed by atoms with Crippen LogP contribution in [0, 0.1) is 3.57 Å². The summed E-state index contributed by atoms with van der Waals surface area (Å²) in [7, 11) is 1.66. The van der Waals surface area contributed by atoms with Crippen LogP contribution in [0.5, 0.6) is 5.75 Å². The van der Waals surface area contributed by atoms with Crippen molar-refractivity contribution in [1.29, 1.82) is 0 Å². The average molecular weight is 375 g/mol. The van der Waals surface area contributed by atoms with Crippen LogP contribution >= 0.6 is 22.6 Å². The van der Waals surface area contributed by atoms with Crippen molar-refractivity contribution in [3.05, 3.63) is 27.3 Å². The minimum absolute atomic E-state index is 0.0179. The molecule has 0 atom stereocenters. The van der Waals surface area contributed by atoms with Gasteiger partial charge in [0.1, 0.15) is 5.75 Å². The van der Waals surface area contributed by atoms with Crippen LogP contribution in [0.2, 0.25) is 0 Å². The van der Waals surface area contributed by atoms with Crippen LogP contribution < -0.4 is 0 Å². The van der Waals surface area contributed by atoms with Gasteiger partial charge in [-0.15, -0.1) is 0 Å². The SMILES string of the molecule is CN(CC1(O)CCCC1)C(=O)c1cc(I)ccc1O. The lowest BCUT2D eigenvalue weighted by Crippen LogP contribution is -2.42. The molecule has 1 aromatic rings. The molecular formula is C14H18INO3. The van der Waals surface area contributed by atoms with E-state index in [-0.39, 0.29) is 17.2 Å². The average Bonchev–Trinajstić information content (AvgIpc) is 2.78. The van der Waals surface area contributed by atoms with E-state index in [2.05, 4.69) is 22.6 Å². The largest absolute Gasteiger partial charge is 0.507 e. The fourth-order valence-electron chi connectivity index (χ4n) is 2.59. The number of halogens is 1. The van der Waals surface area contributed by atoms with Gasteiger partial charge < -0.3 is 15.1 Å². The highest BCUT2D eigenvalue weighted by Gasteiger charge is 2.33. The van der Waals surface area contributed by atoms with Gasteiger partial charge >= 0.3 is 0 Å². The molecule has 1 aliphatic carbocycles. The fraction of sp³-hybridized carbons (Fsp3) is 0.500. The molecule has 5 heteroatoms. The number of carbonyl (C=O) groups is 1. The van der Waals surface area contributed by atoms with E-state index in [1.165, 1.54) is 11.0 Å². The molecule has 4 nitrogen and oxygen atoms in total. The van der Waals surface area contributed by atoms with E-state index >= 15 is 0 Å². The molecule has 0 unspecified atom stereocenters. The summed E-state index contributed by atoms with van der Waals surface area (Å²) >= 11 is 2.10. The Kier molecular flexibility index (Phi) is 4.35. The minimum Gasteiger partial charge on any atom is -0.507 e. The first-order valence-corrected chi connectivity index (χ1v) is 7.45. The fourth-order valence-corrected chi connectivity index (χ4v) is 3.08. The first kappa shape index (κ1) is 14.6. The highest BCUT2D eigenvalue weighted by molar-refractivity contribution is 14.1. The van der Waals surface area contributed by atoms with E-state index in [1.54, 1.807) is 19.2 Å². The Morgan fingerprint density at radius 3 is 2.68 bits per heavy atom. The number of hydrogen-bond donors (Lipinski definition) is 2. The number of hydrogen-bond acceptors (Lipinski definition) is 3. The van der Waals surface area contributed by atoms with E-state index in [9.17, 15) is 15.0 Å². The Labute approximate surface area is 126 Å². The topological polar surface area (TPSA) is 60.8 Å². The van der Waals surface area contributed by atoms with Crippen molar-refractivity contribution in [2.75, 3.05) is 13.6 Å². The van der Waals surface area contributed by atoms with E-state index in [4.69, 9.17) is 0 Å². The van der Waals surface area contributed by atoms with Gasteiger partial charge in [-0.2, -0.15) is 0 Å². The maximum absolute atomic E-state index is 12.3. The van der Waals surface area contributed by atoms with E-state index in [1.807, 2.05) is 0 Å². The molecule has 1 amide bonds. The summed E-state index contributed by atoms with van der Waals surface area (Å²) < 4.78 is 0.895. The summed E-state index contributed by atoms with van der Waals surface area (Å²) in [5.41, 5.74) is -0.474. The van der Waals surface area contributed by atoms with Gasteiger partial charge in [0, 0.05) is 17.2 Å². The van der Waals surface area contributed by atoms with Crippen LogP contribution in [0.3, 0.4) is 0 Å². The number of phenols is 1. The number of phenolic OH excluding ortho intramolecular Hbond substituents is 1. The smallest absolute Gasteiger partial charge is 0.257 e. The quantitative estimate of drug-likeness (QED) is 0.798. The number of likely N-dealkylation sites (N-methyl/N-ethyl adjacent to an activating group) is 1. The highest BCUT2D eigenvalue weighted by Crippen LogP contribution is 2.30. The third-order valence-electron chi connectivity index (χ3n) is 3.60. The molecule has 2 rings (SSSR count).